The van der Waals surface area contributed by atoms with Crippen molar-refractivity contribution >= 4 is 22.5 Å². The molecule has 0 bridgehead atoms. The largest absolute Gasteiger partial charge is 0.496 e. The van der Waals surface area contributed by atoms with Gasteiger partial charge in [-0.15, -0.1) is 0 Å². The minimum Gasteiger partial charge on any atom is -0.496 e. The van der Waals surface area contributed by atoms with E-state index >= 15 is 0 Å². The van der Waals surface area contributed by atoms with Crippen LogP contribution in [0.3, 0.4) is 0 Å². The molecule has 0 atom stereocenters. The third-order valence-electron chi connectivity index (χ3n) is 6.47. The van der Waals surface area contributed by atoms with E-state index in [9.17, 15) is 4.79 Å². The Bertz CT molecular complexity index is 1610. The molecule has 0 saturated carbocycles. The number of aromatic nitrogens is 5. The fraction of sp³-hybridized carbons (Fsp3) is 0.241. The number of anilines is 1. The summed E-state index contributed by atoms with van der Waals surface area (Å²) in [6.45, 7) is 3.76. The molecule has 0 unspecified atom stereocenters. The standard InChI is InChI=1S/C29H31N7O3/c1-19-12-33-35(14-19)15-20-4-6-21(7-5-20)16-36-17-25(26(34-36)18-38-2)29(37)32-13-23-10-22-8-9-31-28(30)24(22)11-27(23)39-3/h4-12,14,17H,13,15-16,18H2,1-3H3,(H2,30,31)(H,32,37). The number of aryl methyl sites for hydroxylation is 1. The van der Waals surface area contributed by atoms with Gasteiger partial charge in [0.1, 0.15) is 17.3 Å². The lowest BCUT2D eigenvalue weighted by atomic mass is 10.1. The molecule has 2 aromatic carbocycles. The normalized spacial score (nSPS) is 11.2. The van der Waals surface area contributed by atoms with Gasteiger partial charge >= 0.3 is 0 Å². The van der Waals surface area contributed by atoms with E-state index in [0.29, 0.717) is 35.9 Å². The third kappa shape index (κ3) is 5.91. The first kappa shape index (κ1) is 25.9. The predicted octanol–water partition coefficient (Wildman–Crippen LogP) is 3.70. The number of nitrogen functional groups attached to an aromatic ring is 1. The Morgan fingerprint density at radius 2 is 1.77 bits per heavy atom. The number of nitrogens with one attached hydrogen (secondary N) is 1. The molecule has 0 aliphatic carbocycles. The molecule has 5 aromatic rings. The zero-order valence-electron chi connectivity index (χ0n) is 22.2. The van der Waals surface area contributed by atoms with Crippen LogP contribution in [0.1, 0.15) is 38.3 Å². The second-order valence-electron chi connectivity index (χ2n) is 9.42. The average molecular weight is 526 g/mol. The zero-order chi connectivity index (χ0) is 27.4. The van der Waals surface area contributed by atoms with Crippen molar-refractivity contribution in [3.63, 3.8) is 0 Å². The molecule has 5 rings (SSSR count). The Labute approximate surface area is 226 Å². The van der Waals surface area contributed by atoms with Crippen molar-refractivity contribution in [2.75, 3.05) is 20.0 Å². The second kappa shape index (κ2) is 11.4. The Morgan fingerprint density at radius 3 is 2.44 bits per heavy atom. The summed E-state index contributed by atoms with van der Waals surface area (Å²) in [4.78, 5) is 17.4. The van der Waals surface area contributed by atoms with Crippen molar-refractivity contribution in [2.45, 2.75) is 33.2 Å². The monoisotopic (exact) mass is 525 g/mol. The SMILES string of the molecule is COCc1nn(Cc2ccc(Cn3cc(C)cn3)cc2)cc1C(=O)NCc1cc2ccnc(N)c2cc1OC. The number of nitrogens with zero attached hydrogens (tertiary/aromatic N) is 5. The molecule has 0 radical (unpaired) electrons. The molecule has 1 amide bonds. The molecule has 0 spiro atoms. The molecule has 3 heterocycles. The highest BCUT2D eigenvalue weighted by Gasteiger charge is 2.18. The van der Waals surface area contributed by atoms with Crippen LogP contribution in [0.15, 0.2) is 67.3 Å². The Morgan fingerprint density at radius 1 is 1.03 bits per heavy atom. The number of carbonyl (C=O) groups excluding carboxylic acids is 1. The minimum atomic E-state index is -0.241. The van der Waals surface area contributed by atoms with E-state index in [4.69, 9.17) is 15.2 Å². The highest BCUT2D eigenvalue weighted by molar-refractivity contribution is 5.95. The first-order valence-electron chi connectivity index (χ1n) is 12.5. The smallest absolute Gasteiger partial charge is 0.255 e. The third-order valence-corrected chi connectivity index (χ3v) is 6.47. The zero-order valence-corrected chi connectivity index (χ0v) is 22.2. The number of hydrogen-bond acceptors (Lipinski definition) is 7. The summed E-state index contributed by atoms with van der Waals surface area (Å²) in [5.41, 5.74) is 11.2. The highest BCUT2D eigenvalue weighted by Crippen LogP contribution is 2.28. The molecule has 3 aromatic heterocycles. The first-order chi connectivity index (χ1) is 18.9. The topological polar surface area (TPSA) is 122 Å². The van der Waals surface area contributed by atoms with Gasteiger partial charge in [0.2, 0.25) is 0 Å². The van der Waals surface area contributed by atoms with E-state index < -0.39 is 0 Å². The second-order valence-corrected chi connectivity index (χ2v) is 9.42. The molecule has 10 nitrogen and oxygen atoms in total. The maximum atomic E-state index is 13.2. The Hall–Kier alpha value is -4.70. The van der Waals surface area contributed by atoms with Crippen molar-refractivity contribution in [1.29, 1.82) is 0 Å². The van der Waals surface area contributed by atoms with Crippen LogP contribution in [0.5, 0.6) is 5.75 Å². The number of rotatable bonds is 10. The molecular formula is C29H31N7O3. The molecule has 39 heavy (non-hydrogen) atoms. The van der Waals surface area contributed by atoms with Gasteiger partial charge in [0.15, 0.2) is 0 Å². The van der Waals surface area contributed by atoms with Gasteiger partial charge in [0.05, 0.1) is 38.6 Å². The highest BCUT2D eigenvalue weighted by atomic mass is 16.5. The average Bonchev–Trinajstić information content (AvgIpc) is 3.53. The van der Waals surface area contributed by atoms with Gasteiger partial charge in [-0.05, 0) is 47.2 Å². The fourth-order valence-electron chi connectivity index (χ4n) is 4.52. The van der Waals surface area contributed by atoms with Crippen molar-refractivity contribution in [3.8, 4) is 5.75 Å². The lowest BCUT2D eigenvalue weighted by Crippen LogP contribution is -2.24. The van der Waals surface area contributed by atoms with Gasteiger partial charge in [0.25, 0.3) is 5.91 Å². The van der Waals surface area contributed by atoms with Crippen LogP contribution < -0.4 is 15.8 Å². The predicted molar refractivity (Wildman–Crippen MR) is 148 cm³/mol. The van der Waals surface area contributed by atoms with E-state index in [-0.39, 0.29) is 19.1 Å². The number of hydrogen-bond donors (Lipinski definition) is 2. The number of fused-ring (bicyclic) bond motifs is 1. The molecule has 0 saturated heterocycles. The van der Waals surface area contributed by atoms with Gasteiger partial charge in [-0.2, -0.15) is 10.2 Å². The lowest BCUT2D eigenvalue weighted by Gasteiger charge is -2.12. The van der Waals surface area contributed by atoms with Crippen molar-refractivity contribution in [1.82, 2.24) is 29.9 Å². The molecule has 10 heteroatoms. The quantitative estimate of drug-likeness (QED) is 0.285. The van der Waals surface area contributed by atoms with Crippen LogP contribution in [0.2, 0.25) is 0 Å². The summed E-state index contributed by atoms with van der Waals surface area (Å²) in [6.07, 6.45) is 7.29. The number of amides is 1. The Kier molecular flexibility index (Phi) is 7.55. The summed E-state index contributed by atoms with van der Waals surface area (Å²) >= 11 is 0. The summed E-state index contributed by atoms with van der Waals surface area (Å²) in [5, 5.41) is 13.7. The van der Waals surface area contributed by atoms with Gasteiger partial charge in [0, 0.05) is 43.2 Å². The van der Waals surface area contributed by atoms with Crippen molar-refractivity contribution in [2.24, 2.45) is 0 Å². The summed E-state index contributed by atoms with van der Waals surface area (Å²) in [7, 11) is 3.17. The number of benzene rings is 2. The molecule has 0 aliphatic heterocycles. The molecular weight excluding hydrogens is 494 g/mol. The lowest BCUT2D eigenvalue weighted by molar-refractivity contribution is 0.0945. The van der Waals surface area contributed by atoms with Crippen LogP contribution >= 0.6 is 0 Å². The first-order valence-corrected chi connectivity index (χ1v) is 12.5. The Balaban J connectivity index is 1.29. The van der Waals surface area contributed by atoms with Gasteiger partial charge in [-0.25, -0.2) is 4.98 Å². The maximum absolute atomic E-state index is 13.2. The van der Waals surface area contributed by atoms with E-state index in [1.54, 1.807) is 31.3 Å². The van der Waals surface area contributed by atoms with Crippen LogP contribution in [-0.2, 0) is 31.0 Å². The molecule has 200 valence electrons. The van der Waals surface area contributed by atoms with Crippen LogP contribution in [-0.4, -0.2) is 44.7 Å². The number of ether oxygens (including phenoxy) is 2. The van der Waals surface area contributed by atoms with Crippen LogP contribution in [0.4, 0.5) is 5.82 Å². The summed E-state index contributed by atoms with van der Waals surface area (Å²) in [6, 6.07) is 14.0. The molecule has 3 N–H and O–H groups in total. The van der Waals surface area contributed by atoms with E-state index in [1.165, 1.54) is 0 Å². The fourth-order valence-corrected chi connectivity index (χ4v) is 4.52. The van der Waals surface area contributed by atoms with Crippen LogP contribution in [0.25, 0.3) is 10.8 Å². The van der Waals surface area contributed by atoms with E-state index in [2.05, 4.69) is 44.8 Å². The number of methoxy groups -OCH3 is 2. The number of nitrogens with two attached hydrogens (primary N) is 1. The van der Waals surface area contributed by atoms with Crippen LogP contribution in [0, 0.1) is 6.92 Å². The summed E-state index contributed by atoms with van der Waals surface area (Å²) in [5.74, 6) is 0.816. The van der Waals surface area contributed by atoms with Gasteiger partial charge in [-0.1, -0.05) is 24.3 Å². The molecule has 0 fully saturated rings. The van der Waals surface area contributed by atoms with Gasteiger partial charge < -0.3 is 20.5 Å². The van der Waals surface area contributed by atoms with E-state index in [1.807, 2.05) is 42.2 Å². The van der Waals surface area contributed by atoms with E-state index in [0.717, 1.165) is 33.0 Å². The minimum absolute atomic E-state index is 0.226. The summed E-state index contributed by atoms with van der Waals surface area (Å²) < 4.78 is 14.5. The van der Waals surface area contributed by atoms with Crippen molar-refractivity contribution < 1.29 is 14.3 Å². The van der Waals surface area contributed by atoms with Crippen molar-refractivity contribution in [3.05, 3.63) is 101 Å². The number of carbonyl (C=O) groups is 1. The molecule has 0 aliphatic rings. The maximum Gasteiger partial charge on any atom is 0.255 e. The number of pyridine rings is 1. The van der Waals surface area contributed by atoms with Gasteiger partial charge in [-0.3, -0.25) is 14.2 Å².